The van der Waals surface area contributed by atoms with Gasteiger partial charge in [0.25, 0.3) is 5.56 Å². The molecule has 1 unspecified atom stereocenters. The number of rotatable bonds is 2. The lowest BCUT2D eigenvalue weighted by Crippen LogP contribution is -2.50. The molecule has 2 saturated heterocycles. The van der Waals surface area contributed by atoms with Crippen LogP contribution in [0.15, 0.2) is 29.1 Å². The number of fused-ring (bicyclic) bond motifs is 3. The number of hydrogen-bond donors (Lipinski definition) is 0. The molecule has 0 N–H and O–H groups in total. The van der Waals surface area contributed by atoms with Crippen LogP contribution in [0.5, 0.6) is 0 Å². The molecule has 1 aromatic heterocycles. The summed E-state index contributed by atoms with van der Waals surface area (Å²) in [6.45, 7) is 1.86. The van der Waals surface area contributed by atoms with E-state index < -0.39 is 0 Å². The minimum atomic E-state index is 0.113. The smallest absolute Gasteiger partial charge is 0.272 e. The predicted octanol–water partition coefficient (Wildman–Crippen LogP) is 4.99. The van der Waals surface area contributed by atoms with Crippen molar-refractivity contribution in [2.45, 2.75) is 102 Å². The average Bonchev–Trinajstić information content (AvgIpc) is 2.92. The van der Waals surface area contributed by atoms with Gasteiger partial charge in [-0.3, -0.25) is 9.69 Å². The van der Waals surface area contributed by atoms with E-state index in [-0.39, 0.29) is 5.56 Å². The van der Waals surface area contributed by atoms with Gasteiger partial charge in [0.1, 0.15) is 5.69 Å². The summed E-state index contributed by atoms with van der Waals surface area (Å²) in [5, 5.41) is 0. The maximum absolute atomic E-state index is 13.1. The van der Waals surface area contributed by atoms with Crippen LogP contribution in [0.25, 0.3) is 11.0 Å². The van der Waals surface area contributed by atoms with E-state index in [0.717, 1.165) is 29.9 Å². The first-order valence-electron chi connectivity index (χ1n) is 11.5. The van der Waals surface area contributed by atoms with Crippen LogP contribution in [-0.2, 0) is 0 Å². The summed E-state index contributed by atoms with van der Waals surface area (Å²) in [6.07, 6.45) is 14.7. The lowest BCUT2D eigenvalue weighted by molar-refractivity contribution is 0.0497. The predicted molar refractivity (Wildman–Crippen MR) is 114 cm³/mol. The Morgan fingerprint density at radius 1 is 0.821 bits per heavy atom. The Labute approximate surface area is 168 Å². The molecule has 0 radical (unpaired) electrons. The first-order valence-corrected chi connectivity index (χ1v) is 11.5. The third-order valence-electron chi connectivity index (χ3n) is 7.58. The Balaban J connectivity index is 1.44. The van der Waals surface area contributed by atoms with Crippen molar-refractivity contribution in [3.8, 4) is 0 Å². The van der Waals surface area contributed by atoms with Crippen LogP contribution in [0.4, 0.5) is 0 Å². The third-order valence-corrected chi connectivity index (χ3v) is 7.58. The van der Waals surface area contributed by atoms with E-state index in [1.165, 1.54) is 57.8 Å². The summed E-state index contributed by atoms with van der Waals surface area (Å²) in [5.41, 5.74) is 2.72. The largest absolute Gasteiger partial charge is 0.302 e. The van der Waals surface area contributed by atoms with Gasteiger partial charge in [-0.2, -0.15) is 0 Å². The van der Waals surface area contributed by atoms with Gasteiger partial charge in [0.2, 0.25) is 0 Å². The minimum absolute atomic E-state index is 0.113. The van der Waals surface area contributed by atoms with E-state index in [0.29, 0.717) is 23.8 Å². The molecule has 2 aromatic rings. The fourth-order valence-electron chi connectivity index (χ4n) is 6.36. The Hall–Kier alpha value is -1.68. The molecule has 4 nitrogen and oxygen atoms in total. The normalized spacial score (nSPS) is 29.7. The van der Waals surface area contributed by atoms with Crippen LogP contribution in [-0.4, -0.2) is 32.6 Å². The van der Waals surface area contributed by atoms with Gasteiger partial charge in [0.15, 0.2) is 0 Å². The SMILES string of the molecule is Cc1nc2ccccc2n(C2C[C@H]3CC[C@@H](C2)N3C2CCCCCCC2)c1=O. The molecule has 150 valence electrons. The second-order valence-electron chi connectivity index (χ2n) is 9.32. The van der Waals surface area contributed by atoms with Gasteiger partial charge in [-0.15, -0.1) is 0 Å². The zero-order valence-electron chi connectivity index (χ0n) is 17.1. The Kier molecular flexibility index (Phi) is 5.00. The number of hydrogen-bond acceptors (Lipinski definition) is 3. The van der Waals surface area contributed by atoms with Crippen LogP contribution in [0.1, 0.15) is 82.4 Å². The number of aryl methyl sites for hydroxylation is 1. The van der Waals surface area contributed by atoms with Crippen molar-refractivity contribution in [2.75, 3.05) is 0 Å². The Bertz CT molecular complexity index is 882. The van der Waals surface area contributed by atoms with Crippen molar-refractivity contribution in [3.63, 3.8) is 0 Å². The number of benzene rings is 1. The fourth-order valence-corrected chi connectivity index (χ4v) is 6.36. The zero-order valence-corrected chi connectivity index (χ0v) is 17.1. The van der Waals surface area contributed by atoms with Crippen LogP contribution >= 0.6 is 0 Å². The maximum Gasteiger partial charge on any atom is 0.272 e. The van der Waals surface area contributed by atoms with Gasteiger partial charge < -0.3 is 4.57 Å². The van der Waals surface area contributed by atoms with Crippen LogP contribution < -0.4 is 5.56 Å². The zero-order chi connectivity index (χ0) is 19.1. The van der Waals surface area contributed by atoms with E-state index in [1.54, 1.807) is 0 Å². The standard InChI is InChI=1S/C24H33N3O/c1-17-24(28)27(23-12-8-7-11-22(23)25-17)21-15-19-13-14-20(16-21)26(19)18-9-5-3-2-4-6-10-18/h7-8,11-12,18-21H,2-6,9-10,13-16H2,1H3/t19-,20+,21?. The first-order chi connectivity index (χ1) is 13.7. The van der Waals surface area contributed by atoms with Gasteiger partial charge in [-0.1, -0.05) is 44.2 Å². The highest BCUT2D eigenvalue weighted by Gasteiger charge is 2.44. The molecule has 1 aliphatic carbocycles. The van der Waals surface area contributed by atoms with Crippen LogP contribution in [0.2, 0.25) is 0 Å². The highest BCUT2D eigenvalue weighted by Crippen LogP contribution is 2.44. The van der Waals surface area contributed by atoms with Gasteiger partial charge in [-0.05, 0) is 57.6 Å². The van der Waals surface area contributed by atoms with E-state index in [1.807, 2.05) is 25.1 Å². The summed E-state index contributed by atoms with van der Waals surface area (Å²) >= 11 is 0. The summed E-state index contributed by atoms with van der Waals surface area (Å²) in [6, 6.07) is 10.6. The molecule has 1 saturated carbocycles. The molecule has 2 bridgehead atoms. The number of aromatic nitrogens is 2. The summed E-state index contributed by atoms with van der Waals surface area (Å²) in [7, 11) is 0. The molecule has 1 aromatic carbocycles. The Morgan fingerprint density at radius 2 is 1.46 bits per heavy atom. The molecule has 3 heterocycles. The van der Waals surface area contributed by atoms with Crippen molar-refractivity contribution in [1.29, 1.82) is 0 Å². The van der Waals surface area contributed by atoms with Crippen molar-refractivity contribution in [3.05, 3.63) is 40.3 Å². The summed E-state index contributed by atoms with van der Waals surface area (Å²) < 4.78 is 2.10. The summed E-state index contributed by atoms with van der Waals surface area (Å²) in [5.74, 6) is 0. The second kappa shape index (κ2) is 7.62. The van der Waals surface area contributed by atoms with E-state index in [9.17, 15) is 4.79 Å². The topological polar surface area (TPSA) is 38.1 Å². The Morgan fingerprint density at radius 3 is 2.18 bits per heavy atom. The molecular weight excluding hydrogens is 346 g/mol. The molecule has 5 rings (SSSR count). The van der Waals surface area contributed by atoms with Crippen molar-refractivity contribution < 1.29 is 0 Å². The van der Waals surface area contributed by atoms with E-state index in [2.05, 4.69) is 20.5 Å². The fraction of sp³-hybridized carbons (Fsp3) is 0.667. The maximum atomic E-state index is 13.1. The molecule has 3 aliphatic rings. The van der Waals surface area contributed by atoms with Crippen molar-refractivity contribution >= 4 is 11.0 Å². The molecule has 0 spiro atoms. The number of para-hydroxylation sites is 2. The molecule has 3 atom stereocenters. The third kappa shape index (κ3) is 3.20. The number of nitrogens with zero attached hydrogens (tertiary/aromatic N) is 3. The monoisotopic (exact) mass is 379 g/mol. The number of piperidine rings is 1. The van der Waals surface area contributed by atoms with Crippen molar-refractivity contribution in [2.24, 2.45) is 0 Å². The highest BCUT2D eigenvalue weighted by molar-refractivity contribution is 5.74. The highest BCUT2D eigenvalue weighted by atomic mass is 16.1. The molecule has 3 fully saturated rings. The minimum Gasteiger partial charge on any atom is -0.302 e. The molecule has 4 heteroatoms. The van der Waals surface area contributed by atoms with Gasteiger partial charge >= 0.3 is 0 Å². The summed E-state index contributed by atoms with van der Waals surface area (Å²) in [4.78, 5) is 20.5. The first kappa shape index (κ1) is 18.4. The van der Waals surface area contributed by atoms with E-state index in [4.69, 9.17) is 0 Å². The van der Waals surface area contributed by atoms with Crippen LogP contribution in [0.3, 0.4) is 0 Å². The van der Waals surface area contributed by atoms with E-state index >= 15 is 0 Å². The lowest BCUT2D eigenvalue weighted by Gasteiger charge is -2.45. The second-order valence-corrected chi connectivity index (χ2v) is 9.32. The average molecular weight is 380 g/mol. The van der Waals surface area contributed by atoms with Crippen molar-refractivity contribution in [1.82, 2.24) is 14.5 Å². The molecular formula is C24H33N3O. The lowest BCUT2D eigenvalue weighted by atomic mass is 9.89. The quantitative estimate of drug-likeness (QED) is 0.738. The van der Waals surface area contributed by atoms with Gasteiger partial charge in [-0.25, -0.2) is 4.98 Å². The molecule has 2 aliphatic heterocycles. The van der Waals surface area contributed by atoms with Gasteiger partial charge in [0.05, 0.1) is 11.0 Å². The molecule has 0 amide bonds. The van der Waals surface area contributed by atoms with Crippen LogP contribution in [0, 0.1) is 6.92 Å². The van der Waals surface area contributed by atoms with Gasteiger partial charge in [0, 0.05) is 24.2 Å². The molecule has 28 heavy (non-hydrogen) atoms.